The monoisotopic (exact) mass is 169 g/mol. The smallest absolute Gasteiger partial charge is 0.126 e. The van der Waals surface area contributed by atoms with Crippen LogP contribution in [0.2, 0.25) is 0 Å². The van der Waals surface area contributed by atoms with Crippen LogP contribution in [0.15, 0.2) is 24.3 Å². The molecule has 0 fully saturated rings. The number of rotatable bonds is 1. The SMILES string of the molecule is CCN.CCc1ccccc1F. The van der Waals surface area contributed by atoms with E-state index >= 15 is 0 Å². The molecule has 1 aromatic rings. The van der Waals surface area contributed by atoms with Gasteiger partial charge in [0.25, 0.3) is 0 Å². The molecule has 0 aliphatic carbocycles. The molecule has 12 heavy (non-hydrogen) atoms. The summed E-state index contributed by atoms with van der Waals surface area (Å²) in [5.41, 5.74) is 5.64. The first-order chi connectivity index (χ1) is 5.76. The van der Waals surface area contributed by atoms with Gasteiger partial charge in [0, 0.05) is 0 Å². The van der Waals surface area contributed by atoms with Gasteiger partial charge < -0.3 is 5.73 Å². The van der Waals surface area contributed by atoms with Gasteiger partial charge in [0.15, 0.2) is 0 Å². The quantitative estimate of drug-likeness (QED) is 0.686. The summed E-state index contributed by atoms with van der Waals surface area (Å²) < 4.78 is 12.6. The van der Waals surface area contributed by atoms with Crippen LogP contribution in [0, 0.1) is 5.82 Å². The van der Waals surface area contributed by atoms with Gasteiger partial charge in [-0.15, -0.1) is 0 Å². The average molecular weight is 169 g/mol. The van der Waals surface area contributed by atoms with Gasteiger partial charge in [-0.05, 0) is 24.6 Å². The molecular formula is C10H16FN. The lowest BCUT2D eigenvalue weighted by molar-refractivity contribution is 0.612. The minimum Gasteiger partial charge on any atom is -0.331 e. The maximum absolute atomic E-state index is 12.6. The third-order valence-corrected chi connectivity index (χ3v) is 1.34. The standard InChI is InChI=1S/C8H9F.C2H7N/c1-2-7-5-3-4-6-8(7)9;1-2-3/h3-6H,2H2,1H3;2-3H2,1H3. The molecular weight excluding hydrogens is 153 g/mol. The Hall–Kier alpha value is -0.890. The van der Waals surface area contributed by atoms with Crippen molar-refractivity contribution in [3.05, 3.63) is 35.6 Å². The number of nitrogens with two attached hydrogens (primary N) is 1. The second-order valence-corrected chi connectivity index (χ2v) is 2.35. The maximum atomic E-state index is 12.6. The summed E-state index contributed by atoms with van der Waals surface area (Å²) in [6.07, 6.45) is 0.771. The molecule has 2 N–H and O–H groups in total. The topological polar surface area (TPSA) is 26.0 Å². The number of halogens is 1. The van der Waals surface area contributed by atoms with Gasteiger partial charge in [0.05, 0.1) is 0 Å². The highest BCUT2D eigenvalue weighted by atomic mass is 19.1. The van der Waals surface area contributed by atoms with E-state index in [0.29, 0.717) is 0 Å². The van der Waals surface area contributed by atoms with E-state index in [1.54, 1.807) is 12.1 Å². The summed E-state index contributed by atoms with van der Waals surface area (Å²) in [6, 6.07) is 6.84. The molecule has 0 atom stereocenters. The molecule has 0 amide bonds. The van der Waals surface area contributed by atoms with Gasteiger partial charge in [0.1, 0.15) is 5.82 Å². The van der Waals surface area contributed by atoms with Crippen LogP contribution in [0.5, 0.6) is 0 Å². The first kappa shape index (κ1) is 11.1. The van der Waals surface area contributed by atoms with Crippen LogP contribution in [0.3, 0.4) is 0 Å². The highest BCUT2D eigenvalue weighted by Gasteiger charge is 1.93. The third kappa shape index (κ3) is 4.09. The molecule has 0 aliphatic rings. The van der Waals surface area contributed by atoms with Crippen LogP contribution in [0.4, 0.5) is 4.39 Å². The molecule has 1 rings (SSSR count). The van der Waals surface area contributed by atoms with Gasteiger partial charge in [-0.25, -0.2) is 4.39 Å². The number of hydrogen-bond donors (Lipinski definition) is 1. The molecule has 1 aromatic carbocycles. The van der Waals surface area contributed by atoms with Crippen molar-refractivity contribution in [3.8, 4) is 0 Å². The van der Waals surface area contributed by atoms with Gasteiger partial charge in [0.2, 0.25) is 0 Å². The highest BCUT2D eigenvalue weighted by molar-refractivity contribution is 5.16. The summed E-state index contributed by atoms with van der Waals surface area (Å²) in [7, 11) is 0. The zero-order valence-corrected chi connectivity index (χ0v) is 7.68. The van der Waals surface area contributed by atoms with E-state index in [4.69, 9.17) is 5.73 Å². The van der Waals surface area contributed by atoms with Crippen LogP contribution in [0.25, 0.3) is 0 Å². The van der Waals surface area contributed by atoms with Gasteiger partial charge in [-0.2, -0.15) is 0 Å². The van der Waals surface area contributed by atoms with Crippen molar-refractivity contribution in [1.82, 2.24) is 0 Å². The van der Waals surface area contributed by atoms with E-state index in [-0.39, 0.29) is 5.82 Å². The summed E-state index contributed by atoms with van der Waals surface area (Å²) >= 11 is 0. The second-order valence-electron chi connectivity index (χ2n) is 2.35. The molecule has 0 radical (unpaired) electrons. The van der Waals surface area contributed by atoms with Crippen molar-refractivity contribution >= 4 is 0 Å². The van der Waals surface area contributed by atoms with Crippen molar-refractivity contribution in [3.63, 3.8) is 0 Å². The molecule has 0 bridgehead atoms. The first-order valence-electron chi connectivity index (χ1n) is 4.19. The molecule has 0 aliphatic heterocycles. The molecule has 0 aromatic heterocycles. The van der Waals surface area contributed by atoms with Gasteiger partial charge in [-0.3, -0.25) is 0 Å². The molecule has 0 saturated heterocycles. The van der Waals surface area contributed by atoms with Crippen molar-refractivity contribution in [2.75, 3.05) is 6.54 Å². The summed E-state index contributed by atoms with van der Waals surface area (Å²) in [5, 5.41) is 0. The van der Waals surface area contributed by atoms with E-state index in [1.807, 2.05) is 19.9 Å². The normalized spacial score (nSPS) is 8.67. The molecule has 0 heterocycles. The van der Waals surface area contributed by atoms with Gasteiger partial charge >= 0.3 is 0 Å². The van der Waals surface area contributed by atoms with E-state index in [2.05, 4.69) is 0 Å². The van der Waals surface area contributed by atoms with Crippen LogP contribution in [-0.2, 0) is 6.42 Å². The van der Waals surface area contributed by atoms with Gasteiger partial charge in [-0.1, -0.05) is 32.0 Å². The molecule has 68 valence electrons. The molecule has 0 unspecified atom stereocenters. The van der Waals surface area contributed by atoms with Crippen LogP contribution in [-0.4, -0.2) is 6.54 Å². The highest BCUT2D eigenvalue weighted by Crippen LogP contribution is 2.05. The van der Waals surface area contributed by atoms with E-state index in [1.165, 1.54) is 6.07 Å². The van der Waals surface area contributed by atoms with Crippen LogP contribution >= 0.6 is 0 Å². The van der Waals surface area contributed by atoms with Crippen molar-refractivity contribution in [2.45, 2.75) is 20.3 Å². The third-order valence-electron chi connectivity index (χ3n) is 1.34. The Morgan fingerprint density at radius 1 is 1.25 bits per heavy atom. The minimum atomic E-state index is -0.0972. The lowest BCUT2D eigenvalue weighted by atomic mass is 10.2. The van der Waals surface area contributed by atoms with E-state index in [0.717, 1.165) is 18.5 Å². The lowest BCUT2D eigenvalue weighted by Gasteiger charge is -1.94. The molecule has 1 nitrogen and oxygen atoms in total. The molecule has 2 heteroatoms. The predicted molar refractivity (Wildman–Crippen MR) is 50.5 cm³/mol. The Kier molecular flexibility index (Phi) is 6.29. The van der Waals surface area contributed by atoms with Crippen LogP contribution < -0.4 is 5.73 Å². The molecule has 0 saturated carbocycles. The fourth-order valence-corrected chi connectivity index (χ4v) is 0.785. The Labute approximate surface area is 73.4 Å². The summed E-state index contributed by atoms with van der Waals surface area (Å²) in [5.74, 6) is -0.0972. The van der Waals surface area contributed by atoms with Crippen LogP contribution in [0.1, 0.15) is 19.4 Å². The largest absolute Gasteiger partial charge is 0.331 e. The van der Waals surface area contributed by atoms with Crippen molar-refractivity contribution in [1.29, 1.82) is 0 Å². The van der Waals surface area contributed by atoms with Crippen molar-refractivity contribution in [2.24, 2.45) is 5.73 Å². The fraction of sp³-hybridized carbons (Fsp3) is 0.400. The Bertz CT molecular complexity index is 211. The van der Waals surface area contributed by atoms with E-state index < -0.39 is 0 Å². The zero-order chi connectivity index (χ0) is 9.40. The Morgan fingerprint density at radius 3 is 2.08 bits per heavy atom. The molecule has 0 spiro atoms. The summed E-state index contributed by atoms with van der Waals surface area (Å²) in [4.78, 5) is 0. The summed E-state index contributed by atoms with van der Waals surface area (Å²) in [6.45, 7) is 4.60. The fourth-order valence-electron chi connectivity index (χ4n) is 0.785. The zero-order valence-electron chi connectivity index (χ0n) is 7.68. The lowest BCUT2D eigenvalue weighted by Crippen LogP contribution is -1.87. The maximum Gasteiger partial charge on any atom is 0.126 e. The minimum absolute atomic E-state index is 0.0972. The second kappa shape index (κ2) is 6.80. The van der Waals surface area contributed by atoms with Crippen molar-refractivity contribution < 1.29 is 4.39 Å². The predicted octanol–water partition coefficient (Wildman–Crippen LogP) is 2.35. The number of benzene rings is 1. The van der Waals surface area contributed by atoms with E-state index in [9.17, 15) is 4.39 Å². The number of aryl methyl sites for hydroxylation is 1. The Morgan fingerprint density at radius 2 is 1.75 bits per heavy atom. The average Bonchev–Trinajstić information content (AvgIpc) is 2.07. The number of hydrogen-bond acceptors (Lipinski definition) is 1. The first-order valence-corrected chi connectivity index (χ1v) is 4.19. The Balaban J connectivity index is 0.000000354.